The fourth-order valence-electron chi connectivity index (χ4n) is 3.19. The summed E-state index contributed by atoms with van der Waals surface area (Å²) in [5.74, 6) is 0.678. The van der Waals surface area contributed by atoms with Gasteiger partial charge in [-0.15, -0.1) is 0 Å². The molecule has 4 heteroatoms. The van der Waals surface area contributed by atoms with Crippen LogP contribution in [-0.2, 0) is 9.47 Å². The summed E-state index contributed by atoms with van der Waals surface area (Å²) in [6.45, 7) is 10.7. The van der Waals surface area contributed by atoms with Crippen molar-refractivity contribution in [3.8, 4) is 0 Å². The molecule has 0 amide bonds. The zero-order chi connectivity index (χ0) is 14.1. The van der Waals surface area contributed by atoms with Crippen LogP contribution in [-0.4, -0.2) is 50.1 Å². The molecule has 0 saturated heterocycles. The molecule has 2 atom stereocenters. The van der Waals surface area contributed by atoms with Gasteiger partial charge in [-0.2, -0.15) is 0 Å². The highest BCUT2D eigenvalue weighted by Gasteiger charge is 2.30. The minimum atomic E-state index is -0.0539. The van der Waals surface area contributed by atoms with Crippen LogP contribution in [0.15, 0.2) is 0 Å². The molecule has 0 bridgehead atoms. The van der Waals surface area contributed by atoms with Gasteiger partial charge in [0.15, 0.2) is 6.29 Å². The van der Waals surface area contributed by atoms with E-state index in [9.17, 15) is 0 Å². The molecule has 1 fully saturated rings. The van der Waals surface area contributed by atoms with Crippen molar-refractivity contribution >= 4 is 0 Å². The summed E-state index contributed by atoms with van der Waals surface area (Å²) >= 11 is 0. The molecule has 0 aromatic heterocycles. The van der Waals surface area contributed by atoms with Crippen LogP contribution in [0.1, 0.15) is 46.5 Å². The lowest BCUT2D eigenvalue weighted by Gasteiger charge is -2.32. The van der Waals surface area contributed by atoms with E-state index in [4.69, 9.17) is 15.2 Å². The van der Waals surface area contributed by atoms with Gasteiger partial charge < -0.3 is 20.1 Å². The first kappa shape index (κ1) is 16.9. The van der Waals surface area contributed by atoms with E-state index >= 15 is 0 Å². The summed E-state index contributed by atoms with van der Waals surface area (Å²) < 4.78 is 11.2. The van der Waals surface area contributed by atoms with E-state index in [2.05, 4.69) is 11.8 Å². The van der Waals surface area contributed by atoms with E-state index in [1.807, 2.05) is 13.8 Å². The maximum absolute atomic E-state index is 5.89. The topological polar surface area (TPSA) is 47.7 Å². The summed E-state index contributed by atoms with van der Waals surface area (Å²) in [5.41, 5.74) is 5.89. The Morgan fingerprint density at radius 2 is 1.84 bits per heavy atom. The van der Waals surface area contributed by atoms with Crippen molar-refractivity contribution < 1.29 is 9.47 Å². The molecular formula is C15H32N2O2. The van der Waals surface area contributed by atoms with Crippen molar-refractivity contribution in [2.45, 2.75) is 58.8 Å². The lowest BCUT2D eigenvalue weighted by molar-refractivity contribution is -0.142. The number of hydrogen-bond acceptors (Lipinski definition) is 4. The van der Waals surface area contributed by atoms with Gasteiger partial charge in [0.25, 0.3) is 0 Å². The number of rotatable bonds is 10. The van der Waals surface area contributed by atoms with Gasteiger partial charge in [0.2, 0.25) is 0 Å². The number of hydrogen-bond donors (Lipinski definition) is 1. The monoisotopic (exact) mass is 272 g/mol. The van der Waals surface area contributed by atoms with Gasteiger partial charge in [0.05, 0.1) is 0 Å². The molecule has 1 rings (SSSR count). The molecule has 0 spiro atoms. The zero-order valence-electron chi connectivity index (χ0n) is 12.9. The fourth-order valence-corrected chi connectivity index (χ4v) is 3.19. The quantitative estimate of drug-likeness (QED) is 0.620. The number of nitrogens with zero attached hydrogens (tertiary/aromatic N) is 1. The van der Waals surface area contributed by atoms with Crippen molar-refractivity contribution in [3.63, 3.8) is 0 Å². The van der Waals surface area contributed by atoms with Crippen molar-refractivity contribution in [1.82, 2.24) is 4.90 Å². The van der Waals surface area contributed by atoms with Crippen LogP contribution < -0.4 is 5.73 Å². The molecule has 2 N–H and O–H groups in total. The minimum absolute atomic E-state index is 0.0539. The second-order valence-corrected chi connectivity index (χ2v) is 5.25. The first-order valence-corrected chi connectivity index (χ1v) is 7.94. The van der Waals surface area contributed by atoms with Crippen LogP contribution in [0.25, 0.3) is 0 Å². The summed E-state index contributed by atoms with van der Waals surface area (Å²) in [6.07, 6.45) is 4.80. The van der Waals surface area contributed by atoms with E-state index in [-0.39, 0.29) is 6.29 Å². The van der Waals surface area contributed by atoms with Gasteiger partial charge in [0.1, 0.15) is 0 Å². The third kappa shape index (κ3) is 5.38. The van der Waals surface area contributed by atoms with Gasteiger partial charge in [-0.25, -0.2) is 0 Å². The predicted molar refractivity (Wildman–Crippen MR) is 79.1 cm³/mol. The molecule has 4 nitrogen and oxygen atoms in total. The molecule has 0 heterocycles. The highest BCUT2D eigenvalue weighted by atomic mass is 16.7. The Hall–Kier alpha value is -0.160. The fraction of sp³-hybridized carbons (Fsp3) is 1.00. The van der Waals surface area contributed by atoms with Crippen molar-refractivity contribution in [3.05, 3.63) is 0 Å². The highest BCUT2D eigenvalue weighted by molar-refractivity contribution is 4.85. The number of nitrogens with two attached hydrogens (primary N) is 1. The Morgan fingerprint density at radius 1 is 1.16 bits per heavy atom. The molecule has 114 valence electrons. The zero-order valence-corrected chi connectivity index (χ0v) is 12.9. The maximum Gasteiger partial charge on any atom is 0.158 e. The molecule has 0 aromatic carbocycles. The standard InChI is InChI=1S/C15H32N2O2/c1-4-17(14-9-7-8-13(14)12-16)11-10-15(18-5-2)19-6-3/h13-15H,4-12,16H2,1-3H3. The SMILES string of the molecule is CCOC(CCN(CC)C1CCCC1CN)OCC. The summed E-state index contributed by atoms with van der Waals surface area (Å²) in [4.78, 5) is 2.57. The van der Waals surface area contributed by atoms with Gasteiger partial charge in [-0.1, -0.05) is 13.3 Å². The van der Waals surface area contributed by atoms with Gasteiger partial charge in [0, 0.05) is 32.2 Å². The first-order chi connectivity index (χ1) is 9.26. The molecule has 1 aliphatic carbocycles. The van der Waals surface area contributed by atoms with Gasteiger partial charge >= 0.3 is 0 Å². The average Bonchev–Trinajstić information content (AvgIpc) is 2.88. The van der Waals surface area contributed by atoms with Crippen LogP contribution in [0.3, 0.4) is 0 Å². The molecular weight excluding hydrogens is 240 g/mol. The van der Waals surface area contributed by atoms with Crippen LogP contribution in [0.5, 0.6) is 0 Å². The van der Waals surface area contributed by atoms with Crippen LogP contribution in [0.4, 0.5) is 0 Å². The molecule has 1 saturated carbocycles. The van der Waals surface area contributed by atoms with E-state index in [0.717, 1.165) is 26.1 Å². The largest absolute Gasteiger partial charge is 0.353 e. The second-order valence-electron chi connectivity index (χ2n) is 5.25. The number of ether oxygens (including phenoxy) is 2. The van der Waals surface area contributed by atoms with Crippen LogP contribution >= 0.6 is 0 Å². The third-order valence-corrected chi connectivity index (χ3v) is 4.15. The van der Waals surface area contributed by atoms with Crippen LogP contribution in [0.2, 0.25) is 0 Å². The maximum atomic E-state index is 5.89. The smallest absolute Gasteiger partial charge is 0.158 e. The molecule has 0 radical (unpaired) electrons. The third-order valence-electron chi connectivity index (χ3n) is 4.15. The van der Waals surface area contributed by atoms with Crippen molar-refractivity contribution in [2.24, 2.45) is 11.7 Å². The van der Waals surface area contributed by atoms with E-state index in [1.54, 1.807) is 0 Å². The molecule has 2 unspecified atom stereocenters. The molecule has 1 aliphatic rings. The molecule has 0 aromatic rings. The van der Waals surface area contributed by atoms with Crippen molar-refractivity contribution in [2.75, 3.05) is 32.8 Å². The van der Waals surface area contributed by atoms with E-state index in [0.29, 0.717) is 25.2 Å². The predicted octanol–water partition coefficient (Wildman–Crippen LogP) is 2.22. The minimum Gasteiger partial charge on any atom is -0.353 e. The Labute approximate surface area is 118 Å². The van der Waals surface area contributed by atoms with E-state index < -0.39 is 0 Å². The summed E-state index contributed by atoms with van der Waals surface area (Å²) in [6, 6.07) is 0.666. The van der Waals surface area contributed by atoms with Gasteiger partial charge in [-0.05, 0) is 45.7 Å². The summed E-state index contributed by atoms with van der Waals surface area (Å²) in [7, 11) is 0. The first-order valence-electron chi connectivity index (χ1n) is 7.94. The highest BCUT2D eigenvalue weighted by Crippen LogP contribution is 2.29. The van der Waals surface area contributed by atoms with Crippen LogP contribution in [0, 0.1) is 5.92 Å². The van der Waals surface area contributed by atoms with Crippen molar-refractivity contribution in [1.29, 1.82) is 0 Å². The Bertz CT molecular complexity index is 220. The Kier molecular flexibility index (Phi) is 8.62. The lowest BCUT2D eigenvalue weighted by Crippen LogP contribution is -2.42. The lowest BCUT2D eigenvalue weighted by atomic mass is 10.0. The normalized spacial score (nSPS) is 23.7. The Balaban J connectivity index is 2.42. The van der Waals surface area contributed by atoms with Gasteiger partial charge in [-0.3, -0.25) is 0 Å². The molecule has 0 aliphatic heterocycles. The molecule has 19 heavy (non-hydrogen) atoms. The average molecular weight is 272 g/mol. The summed E-state index contributed by atoms with van der Waals surface area (Å²) in [5, 5.41) is 0. The Morgan fingerprint density at radius 3 is 2.37 bits per heavy atom. The van der Waals surface area contributed by atoms with E-state index in [1.165, 1.54) is 19.3 Å². The second kappa shape index (κ2) is 9.70.